The van der Waals surface area contributed by atoms with Crippen LogP contribution in [0.2, 0.25) is 0 Å². The number of hydrogen-bond acceptors (Lipinski definition) is 3. The molecule has 1 aromatic rings. The normalized spacial score (nSPS) is 15.7. The lowest BCUT2D eigenvalue weighted by atomic mass is 10.3. The maximum atomic E-state index is 3.56. The fourth-order valence-corrected chi connectivity index (χ4v) is 2.94. The van der Waals surface area contributed by atoms with Crippen LogP contribution in [0.25, 0.3) is 0 Å². The van der Waals surface area contributed by atoms with Crippen LogP contribution in [0, 0.1) is 12.8 Å². The first-order chi connectivity index (χ1) is 8.29. The number of nitrogens with zero attached hydrogens (tertiary/aromatic N) is 1. The molecule has 1 saturated carbocycles. The summed E-state index contributed by atoms with van der Waals surface area (Å²) in [4.78, 5) is 4.06. The lowest BCUT2D eigenvalue weighted by Gasteiger charge is -2.20. The molecule has 3 heteroatoms. The van der Waals surface area contributed by atoms with Gasteiger partial charge in [0.1, 0.15) is 0 Å². The zero-order valence-electron chi connectivity index (χ0n) is 11.0. The Morgan fingerprint density at radius 3 is 2.88 bits per heavy atom. The molecule has 1 aliphatic rings. The summed E-state index contributed by atoms with van der Waals surface area (Å²) in [7, 11) is 0. The molecule has 1 N–H and O–H groups in total. The summed E-state index contributed by atoms with van der Waals surface area (Å²) in [5, 5.41) is 5.73. The third-order valence-corrected chi connectivity index (χ3v) is 4.54. The van der Waals surface area contributed by atoms with Gasteiger partial charge in [-0.1, -0.05) is 6.92 Å². The molecule has 17 heavy (non-hydrogen) atoms. The number of thiophene rings is 1. The smallest absolute Gasteiger partial charge is 0.0302 e. The molecule has 96 valence electrons. The van der Waals surface area contributed by atoms with Gasteiger partial charge in [0.2, 0.25) is 0 Å². The standard InChI is InChI=1S/C14H24N2S/c1-3-16(11-13-4-5-13)8-7-15-10-14-12(2)6-9-17-14/h6,9,13,15H,3-5,7-8,10-11H2,1-2H3. The Morgan fingerprint density at radius 2 is 2.29 bits per heavy atom. The summed E-state index contributed by atoms with van der Waals surface area (Å²) in [6, 6.07) is 2.20. The monoisotopic (exact) mass is 252 g/mol. The predicted molar refractivity (Wildman–Crippen MR) is 75.6 cm³/mol. The summed E-state index contributed by atoms with van der Waals surface area (Å²) in [5.74, 6) is 1.01. The minimum atomic E-state index is 1.01. The SMILES string of the molecule is CCN(CCNCc1sccc1C)CC1CC1. The highest BCUT2D eigenvalue weighted by molar-refractivity contribution is 7.10. The summed E-state index contributed by atoms with van der Waals surface area (Å²) in [6.45, 7) is 10.3. The summed E-state index contributed by atoms with van der Waals surface area (Å²) >= 11 is 1.86. The highest BCUT2D eigenvalue weighted by atomic mass is 32.1. The van der Waals surface area contributed by atoms with Crippen LogP contribution in [0.1, 0.15) is 30.2 Å². The maximum absolute atomic E-state index is 3.56. The van der Waals surface area contributed by atoms with Crippen LogP contribution in [0.3, 0.4) is 0 Å². The topological polar surface area (TPSA) is 15.3 Å². The average Bonchev–Trinajstić information content (AvgIpc) is 3.06. The molecule has 0 saturated heterocycles. The van der Waals surface area contributed by atoms with Crippen LogP contribution < -0.4 is 5.32 Å². The quantitative estimate of drug-likeness (QED) is 0.716. The molecule has 1 fully saturated rings. The van der Waals surface area contributed by atoms with Crippen molar-refractivity contribution in [3.8, 4) is 0 Å². The molecule has 0 spiro atoms. The highest BCUT2D eigenvalue weighted by Gasteiger charge is 2.23. The van der Waals surface area contributed by atoms with E-state index < -0.39 is 0 Å². The van der Waals surface area contributed by atoms with E-state index in [9.17, 15) is 0 Å². The van der Waals surface area contributed by atoms with Gasteiger partial charge in [-0.15, -0.1) is 11.3 Å². The van der Waals surface area contributed by atoms with Gasteiger partial charge >= 0.3 is 0 Å². The second-order valence-corrected chi connectivity index (χ2v) is 6.04. The number of rotatable bonds is 8. The Labute approximate surface area is 109 Å². The fourth-order valence-electron chi connectivity index (χ4n) is 2.07. The minimum Gasteiger partial charge on any atom is -0.311 e. The van der Waals surface area contributed by atoms with E-state index in [0.29, 0.717) is 0 Å². The summed E-state index contributed by atoms with van der Waals surface area (Å²) in [5.41, 5.74) is 1.42. The van der Waals surface area contributed by atoms with Crippen molar-refractivity contribution < 1.29 is 0 Å². The van der Waals surface area contributed by atoms with Gasteiger partial charge in [0, 0.05) is 31.1 Å². The van der Waals surface area contributed by atoms with Crippen LogP contribution >= 0.6 is 11.3 Å². The lowest BCUT2D eigenvalue weighted by Crippen LogP contribution is -2.33. The van der Waals surface area contributed by atoms with Gasteiger partial charge < -0.3 is 10.2 Å². The van der Waals surface area contributed by atoms with Gasteiger partial charge in [-0.2, -0.15) is 0 Å². The van der Waals surface area contributed by atoms with E-state index in [-0.39, 0.29) is 0 Å². The molecule has 1 heterocycles. The van der Waals surface area contributed by atoms with Crippen molar-refractivity contribution in [2.45, 2.75) is 33.2 Å². The van der Waals surface area contributed by atoms with Crippen molar-refractivity contribution >= 4 is 11.3 Å². The predicted octanol–water partition coefficient (Wildman–Crippen LogP) is 2.88. The first-order valence-electron chi connectivity index (χ1n) is 6.75. The lowest BCUT2D eigenvalue weighted by molar-refractivity contribution is 0.276. The molecule has 0 aliphatic heterocycles. The van der Waals surface area contributed by atoms with E-state index in [1.807, 2.05) is 11.3 Å². The van der Waals surface area contributed by atoms with E-state index in [0.717, 1.165) is 19.0 Å². The fraction of sp³-hybridized carbons (Fsp3) is 0.714. The Kier molecular flexibility index (Phi) is 5.01. The second-order valence-electron chi connectivity index (χ2n) is 5.04. The van der Waals surface area contributed by atoms with Gasteiger partial charge in [-0.25, -0.2) is 0 Å². The minimum absolute atomic E-state index is 1.01. The van der Waals surface area contributed by atoms with Gasteiger partial charge in [-0.3, -0.25) is 0 Å². The highest BCUT2D eigenvalue weighted by Crippen LogP contribution is 2.29. The van der Waals surface area contributed by atoms with Gasteiger partial charge in [0.25, 0.3) is 0 Å². The van der Waals surface area contributed by atoms with Gasteiger partial charge in [0.05, 0.1) is 0 Å². The van der Waals surface area contributed by atoms with Crippen molar-refractivity contribution in [2.75, 3.05) is 26.2 Å². The number of nitrogens with one attached hydrogen (secondary N) is 1. The van der Waals surface area contributed by atoms with Crippen molar-refractivity contribution in [2.24, 2.45) is 5.92 Å². The first kappa shape index (κ1) is 13.1. The molecule has 1 aliphatic carbocycles. The Bertz CT molecular complexity index is 331. The van der Waals surface area contributed by atoms with Crippen molar-refractivity contribution in [3.05, 3.63) is 21.9 Å². The number of hydrogen-bond donors (Lipinski definition) is 1. The third-order valence-electron chi connectivity index (χ3n) is 3.52. The molecule has 0 atom stereocenters. The van der Waals surface area contributed by atoms with Crippen molar-refractivity contribution in [1.82, 2.24) is 10.2 Å². The molecule has 0 radical (unpaired) electrons. The van der Waals surface area contributed by atoms with Crippen LogP contribution in [-0.2, 0) is 6.54 Å². The zero-order chi connectivity index (χ0) is 12.1. The van der Waals surface area contributed by atoms with Crippen molar-refractivity contribution in [3.63, 3.8) is 0 Å². The molecule has 2 rings (SSSR count). The van der Waals surface area contributed by atoms with Crippen LogP contribution in [0.4, 0.5) is 0 Å². The maximum Gasteiger partial charge on any atom is 0.0302 e. The molecular formula is C14H24N2S. The molecule has 0 aromatic carbocycles. The molecular weight excluding hydrogens is 228 g/mol. The van der Waals surface area contributed by atoms with E-state index in [1.54, 1.807) is 0 Å². The number of likely N-dealkylation sites (N-methyl/N-ethyl adjacent to an activating group) is 1. The van der Waals surface area contributed by atoms with E-state index in [4.69, 9.17) is 0 Å². The van der Waals surface area contributed by atoms with Crippen LogP contribution in [0.15, 0.2) is 11.4 Å². The third kappa shape index (κ3) is 4.41. The van der Waals surface area contributed by atoms with E-state index >= 15 is 0 Å². The average molecular weight is 252 g/mol. The molecule has 0 amide bonds. The molecule has 0 bridgehead atoms. The van der Waals surface area contributed by atoms with Crippen molar-refractivity contribution in [1.29, 1.82) is 0 Å². The molecule has 1 aromatic heterocycles. The molecule has 2 nitrogen and oxygen atoms in total. The summed E-state index contributed by atoms with van der Waals surface area (Å²) < 4.78 is 0. The van der Waals surface area contributed by atoms with Gasteiger partial charge in [0.15, 0.2) is 0 Å². The Hall–Kier alpha value is -0.380. The molecule has 0 unspecified atom stereocenters. The van der Waals surface area contributed by atoms with Gasteiger partial charge in [-0.05, 0) is 49.2 Å². The second kappa shape index (κ2) is 6.53. The summed E-state index contributed by atoms with van der Waals surface area (Å²) in [6.07, 6.45) is 2.91. The van der Waals surface area contributed by atoms with E-state index in [2.05, 4.69) is 35.5 Å². The largest absolute Gasteiger partial charge is 0.311 e. The van der Waals surface area contributed by atoms with Crippen LogP contribution in [-0.4, -0.2) is 31.1 Å². The first-order valence-corrected chi connectivity index (χ1v) is 7.63. The zero-order valence-corrected chi connectivity index (χ0v) is 11.9. The van der Waals surface area contributed by atoms with E-state index in [1.165, 1.54) is 42.9 Å². The Morgan fingerprint density at radius 1 is 1.47 bits per heavy atom. The number of aryl methyl sites for hydroxylation is 1. The van der Waals surface area contributed by atoms with Crippen LogP contribution in [0.5, 0.6) is 0 Å². The Balaban J connectivity index is 1.59.